The SMILES string of the molecule is CN(C)c1ccc(/C=C2/CC(C(C)(C)C)C/C(=C\c3ccc(N(C)C)cc3)C2=O)cc1. The zero-order valence-electron chi connectivity index (χ0n) is 20.1. The molecule has 2 aromatic carbocycles. The van der Waals surface area contributed by atoms with Crippen LogP contribution in [0.2, 0.25) is 0 Å². The van der Waals surface area contributed by atoms with E-state index in [2.05, 4.69) is 91.3 Å². The Hall–Kier alpha value is -2.81. The standard InChI is InChI=1S/C28H36N2O/c1-28(2,3)24-18-22(16-20-8-12-25(13-9-20)29(4)5)27(31)23(19-24)17-21-10-14-26(15-11-21)30(6)7/h8-17,24H,18-19H2,1-7H3/b22-16-,23-17+. The molecule has 1 atom stereocenters. The maximum absolute atomic E-state index is 13.4. The number of anilines is 2. The second-order valence-corrected chi connectivity index (χ2v) is 10.1. The largest absolute Gasteiger partial charge is 0.378 e. The van der Waals surface area contributed by atoms with E-state index in [1.807, 2.05) is 28.2 Å². The molecule has 164 valence electrons. The van der Waals surface area contributed by atoms with Crippen molar-refractivity contribution in [3.8, 4) is 0 Å². The molecule has 1 unspecified atom stereocenters. The quantitative estimate of drug-likeness (QED) is 0.546. The zero-order valence-corrected chi connectivity index (χ0v) is 20.1. The molecular formula is C28H36N2O. The average Bonchev–Trinajstić information content (AvgIpc) is 2.71. The highest BCUT2D eigenvalue weighted by molar-refractivity contribution is 6.14. The molecule has 1 aliphatic carbocycles. The van der Waals surface area contributed by atoms with Crippen molar-refractivity contribution < 1.29 is 4.79 Å². The molecule has 0 amide bonds. The number of ketones is 1. The number of benzene rings is 2. The molecule has 0 aliphatic heterocycles. The van der Waals surface area contributed by atoms with E-state index in [0.717, 1.165) is 46.5 Å². The van der Waals surface area contributed by atoms with Gasteiger partial charge in [-0.2, -0.15) is 0 Å². The number of nitrogens with zero attached hydrogens (tertiary/aromatic N) is 2. The van der Waals surface area contributed by atoms with Gasteiger partial charge in [0.1, 0.15) is 0 Å². The number of carbonyl (C=O) groups excluding carboxylic acids is 1. The van der Waals surface area contributed by atoms with Gasteiger partial charge in [0.15, 0.2) is 5.78 Å². The van der Waals surface area contributed by atoms with E-state index in [1.54, 1.807) is 0 Å². The van der Waals surface area contributed by atoms with E-state index in [4.69, 9.17) is 0 Å². The lowest BCUT2D eigenvalue weighted by Gasteiger charge is -2.35. The van der Waals surface area contributed by atoms with Crippen molar-refractivity contribution in [2.24, 2.45) is 11.3 Å². The Morgan fingerprint density at radius 3 is 1.35 bits per heavy atom. The minimum absolute atomic E-state index is 0.141. The lowest BCUT2D eigenvalue weighted by Crippen LogP contribution is -2.29. The Balaban J connectivity index is 1.95. The number of carbonyl (C=O) groups is 1. The summed E-state index contributed by atoms with van der Waals surface area (Å²) in [5.41, 5.74) is 6.46. The molecule has 31 heavy (non-hydrogen) atoms. The smallest absolute Gasteiger partial charge is 0.185 e. The molecule has 0 saturated heterocycles. The molecule has 0 aromatic heterocycles. The third-order valence-electron chi connectivity index (χ3n) is 6.24. The van der Waals surface area contributed by atoms with Gasteiger partial charge in [0.2, 0.25) is 0 Å². The van der Waals surface area contributed by atoms with E-state index < -0.39 is 0 Å². The van der Waals surface area contributed by atoms with Gasteiger partial charge in [-0.05, 0) is 71.7 Å². The molecule has 0 N–H and O–H groups in total. The van der Waals surface area contributed by atoms with Crippen molar-refractivity contribution >= 4 is 29.3 Å². The molecule has 3 rings (SSSR count). The molecule has 0 heterocycles. The number of hydrogen-bond donors (Lipinski definition) is 0. The molecule has 0 radical (unpaired) electrons. The van der Waals surface area contributed by atoms with Gasteiger partial charge >= 0.3 is 0 Å². The number of hydrogen-bond acceptors (Lipinski definition) is 3. The van der Waals surface area contributed by atoms with Gasteiger partial charge in [-0.25, -0.2) is 0 Å². The van der Waals surface area contributed by atoms with E-state index >= 15 is 0 Å². The third-order valence-corrected chi connectivity index (χ3v) is 6.24. The Bertz CT molecular complexity index is 898. The Labute approximate surface area is 188 Å². The first-order valence-corrected chi connectivity index (χ1v) is 11.0. The molecular weight excluding hydrogens is 380 g/mol. The minimum Gasteiger partial charge on any atom is -0.378 e. The fraction of sp³-hybridized carbons (Fsp3) is 0.393. The second-order valence-electron chi connectivity index (χ2n) is 10.1. The predicted molar refractivity (Wildman–Crippen MR) is 135 cm³/mol. The Morgan fingerprint density at radius 1 is 0.710 bits per heavy atom. The number of allylic oxidation sites excluding steroid dienone is 2. The van der Waals surface area contributed by atoms with Crippen LogP contribution in [0.15, 0.2) is 59.7 Å². The fourth-order valence-electron chi connectivity index (χ4n) is 4.00. The van der Waals surface area contributed by atoms with Crippen LogP contribution in [-0.4, -0.2) is 34.0 Å². The van der Waals surface area contributed by atoms with E-state index in [-0.39, 0.29) is 11.2 Å². The lowest BCUT2D eigenvalue weighted by atomic mass is 9.68. The second kappa shape index (κ2) is 9.13. The van der Waals surface area contributed by atoms with E-state index in [1.165, 1.54) is 0 Å². The molecule has 2 aromatic rings. The minimum atomic E-state index is 0.141. The molecule has 1 fully saturated rings. The van der Waals surface area contributed by atoms with Crippen LogP contribution in [0.25, 0.3) is 12.2 Å². The van der Waals surface area contributed by atoms with E-state index in [9.17, 15) is 4.79 Å². The first-order valence-electron chi connectivity index (χ1n) is 11.0. The van der Waals surface area contributed by atoms with E-state index in [0.29, 0.717) is 5.92 Å². The fourth-order valence-corrected chi connectivity index (χ4v) is 4.00. The molecule has 0 spiro atoms. The summed E-state index contributed by atoms with van der Waals surface area (Å²) in [6.45, 7) is 6.83. The highest BCUT2D eigenvalue weighted by Crippen LogP contribution is 2.42. The van der Waals surface area contributed by atoms with Crippen molar-refractivity contribution in [2.75, 3.05) is 38.0 Å². The van der Waals surface area contributed by atoms with Crippen molar-refractivity contribution in [3.63, 3.8) is 0 Å². The topological polar surface area (TPSA) is 23.6 Å². The molecule has 3 nitrogen and oxygen atoms in total. The summed E-state index contributed by atoms with van der Waals surface area (Å²) < 4.78 is 0. The van der Waals surface area contributed by atoms with Crippen molar-refractivity contribution in [1.29, 1.82) is 0 Å². The van der Waals surface area contributed by atoms with Crippen molar-refractivity contribution in [3.05, 3.63) is 70.8 Å². The zero-order chi connectivity index (χ0) is 22.8. The molecule has 0 bridgehead atoms. The normalized spacial score (nSPS) is 19.7. The predicted octanol–water partition coefficient (Wildman–Crippen LogP) is 6.31. The highest BCUT2D eigenvalue weighted by Gasteiger charge is 2.34. The number of Topliss-reactive ketones (excluding diaryl/α,β-unsaturated/α-hetero) is 1. The molecule has 1 aliphatic rings. The first kappa shape index (κ1) is 22.9. The Kier molecular flexibility index (Phi) is 6.74. The van der Waals surface area contributed by atoms with Crippen LogP contribution >= 0.6 is 0 Å². The number of rotatable bonds is 4. The van der Waals surface area contributed by atoms with Gasteiger partial charge in [-0.3, -0.25) is 4.79 Å². The highest BCUT2D eigenvalue weighted by atomic mass is 16.1. The van der Waals surface area contributed by atoms with Crippen molar-refractivity contribution in [2.45, 2.75) is 33.6 Å². The van der Waals surface area contributed by atoms with Gasteiger partial charge in [0.25, 0.3) is 0 Å². The summed E-state index contributed by atoms with van der Waals surface area (Å²) in [4.78, 5) is 17.6. The summed E-state index contributed by atoms with van der Waals surface area (Å²) in [6, 6.07) is 16.8. The van der Waals surface area contributed by atoms with Gasteiger partial charge in [-0.1, -0.05) is 45.0 Å². The van der Waals surface area contributed by atoms with Crippen LogP contribution in [0.5, 0.6) is 0 Å². The van der Waals surface area contributed by atoms with Gasteiger partial charge in [0, 0.05) is 50.7 Å². The summed E-state index contributed by atoms with van der Waals surface area (Å²) in [6.07, 6.45) is 5.83. The van der Waals surface area contributed by atoms with Crippen molar-refractivity contribution in [1.82, 2.24) is 0 Å². The third kappa shape index (κ3) is 5.66. The lowest BCUT2D eigenvalue weighted by molar-refractivity contribution is -0.113. The summed E-state index contributed by atoms with van der Waals surface area (Å²) in [5, 5.41) is 0. The maximum atomic E-state index is 13.4. The maximum Gasteiger partial charge on any atom is 0.185 e. The van der Waals surface area contributed by atoms with Crippen LogP contribution in [0.4, 0.5) is 11.4 Å². The van der Waals surface area contributed by atoms with Gasteiger partial charge in [-0.15, -0.1) is 0 Å². The van der Waals surface area contributed by atoms with Crippen LogP contribution in [0.3, 0.4) is 0 Å². The van der Waals surface area contributed by atoms with Crippen LogP contribution < -0.4 is 9.80 Å². The van der Waals surface area contributed by atoms with Gasteiger partial charge in [0.05, 0.1) is 0 Å². The summed E-state index contributed by atoms with van der Waals surface area (Å²) in [7, 11) is 8.14. The molecule has 3 heteroatoms. The first-order chi connectivity index (χ1) is 14.5. The summed E-state index contributed by atoms with van der Waals surface area (Å²) >= 11 is 0. The Morgan fingerprint density at radius 2 is 1.06 bits per heavy atom. The summed E-state index contributed by atoms with van der Waals surface area (Å²) in [5.74, 6) is 0.624. The van der Waals surface area contributed by atoms with Gasteiger partial charge < -0.3 is 9.80 Å². The van der Waals surface area contributed by atoms with Crippen LogP contribution in [-0.2, 0) is 4.79 Å². The van der Waals surface area contributed by atoms with Crippen LogP contribution in [0, 0.1) is 11.3 Å². The van der Waals surface area contributed by atoms with Crippen LogP contribution in [0.1, 0.15) is 44.7 Å². The monoisotopic (exact) mass is 416 g/mol. The molecule has 1 saturated carbocycles. The average molecular weight is 417 g/mol.